The molecule has 2 amide bonds. The average molecular weight is 282 g/mol. The Morgan fingerprint density at radius 1 is 1.47 bits per heavy atom. The molecule has 1 aliphatic heterocycles. The number of rotatable bonds is 4. The Hall–Kier alpha value is -1.56. The molecule has 1 saturated heterocycles. The lowest BCUT2D eigenvalue weighted by Crippen LogP contribution is -2.31. The molecule has 4 nitrogen and oxygen atoms in total. The van der Waals surface area contributed by atoms with Gasteiger partial charge in [-0.2, -0.15) is 0 Å². The zero-order valence-corrected chi connectivity index (χ0v) is 11.4. The Morgan fingerprint density at radius 3 is 2.84 bits per heavy atom. The maximum absolute atomic E-state index is 12.9. The lowest BCUT2D eigenvalue weighted by Gasteiger charge is -2.13. The molecule has 0 aromatic heterocycles. The lowest BCUT2D eigenvalue weighted by atomic mass is 10.3. The molecule has 1 aromatic rings. The third-order valence-corrected chi connectivity index (χ3v) is 4.17. The minimum atomic E-state index is -0.452. The van der Waals surface area contributed by atoms with Crippen molar-refractivity contribution >= 4 is 29.3 Å². The van der Waals surface area contributed by atoms with Gasteiger partial charge in [0.1, 0.15) is 5.82 Å². The van der Waals surface area contributed by atoms with Gasteiger partial charge in [0.2, 0.25) is 11.8 Å². The van der Waals surface area contributed by atoms with Gasteiger partial charge in [-0.3, -0.25) is 14.5 Å². The van der Waals surface area contributed by atoms with Crippen molar-refractivity contribution < 1.29 is 14.0 Å². The molecule has 0 radical (unpaired) electrons. The Kier molecular flexibility index (Phi) is 4.09. The topological polar surface area (TPSA) is 63.4 Å². The van der Waals surface area contributed by atoms with Gasteiger partial charge in [0, 0.05) is 23.5 Å². The predicted molar refractivity (Wildman–Crippen MR) is 72.1 cm³/mol. The number of benzene rings is 1. The normalized spacial score (nSPS) is 19.3. The number of amides is 2. The maximum atomic E-state index is 12.9. The van der Waals surface area contributed by atoms with Gasteiger partial charge in [0.15, 0.2) is 0 Å². The highest BCUT2D eigenvalue weighted by Gasteiger charge is 2.38. The van der Waals surface area contributed by atoms with E-state index in [4.69, 9.17) is 5.73 Å². The summed E-state index contributed by atoms with van der Waals surface area (Å²) in [4.78, 5) is 25.7. The number of hydrogen-bond donors (Lipinski definition) is 1. The molecule has 6 heteroatoms. The van der Waals surface area contributed by atoms with Gasteiger partial charge in [-0.25, -0.2) is 4.39 Å². The summed E-state index contributed by atoms with van der Waals surface area (Å²) in [7, 11) is 0. The molecule has 1 heterocycles. The van der Waals surface area contributed by atoms with Crippen LogP contribution in [0, 0.1) is 5.82 Å². The van der Waals surface area contributed by atoms with Crippen molar-refractivity contribution in [3.05, 3.63) is 24.0 Å². The number of nitrogens with zero attached hydrogens (tertiary/aromatic N) is 1. The Labute approximate surface area is 115 Å². The Morgan fingerprint density at radius 2 is 2.21 bits per heavy atom. The van der Waals surface area contributed by atoms with Crippen molar-refractivity contribution in [3.63, 3.8) is 0 Å². The first-order valence-corrected chi connectivity index (χ1v) is 6.96. The fraction of sp³-hybridized carbons (Fsp3) is 0.385. The highest BCUT2D eigenvalue weighted by Crippen LogP contribution is 2.34. The summed E-state index contributed by atoms with van der Waals surface area (Å²) in [5, 5.41) is -0.452. The Balaban J connectivity index is 2.12. The monoisotopic (exact) mass is 282 g/mol. The molecule has 0 saturated carbocycles. The molecule has 102 valence electrons. The van der Waals surface area contributed by atoms with Crippen LogP contribution >= 0.6 is 11.8 Å². The first kappa shape index (κ1) is 13.9. The quantitative estimate of drug-likeness (QED) is 0.678. The number of nitrogens with two attached hydrogens (primary N) is 1. The van der Waals surface area contributed by atoms with Gasteiger partial charge < -0.3 is 5.73 Å². The number of nitrogen functional groups attached to an aromatic ring is 1. The van der Waals surface area contributed by atoms with E-state index in [-0.39, 0.29) is 18.2 Å². The number of hydrogen-bond acceptors (Lipinski definition) is 4. The van der Waals surface area contributed by atoms with E-state index < -0.39 is 11.1 Å². The summed E-state index contributed by atoms with van der Waals surface area (Å²) in [5.74, 6) is -0.742. The molecule has 19 heavy (non-hydrogen) atoms. The maximum Gasteiger partial charge on any atom is 0.243 e. The van der Waals surface area contributed by atoms with Crippen molar-refractivity contribution in [1.82, 2.24) is 4.90 Å². The van der Waals surface area contributed by atoms with Crippen LogP contribution < -0.4 is 5.73 Å². The molecule has 2 rings (SSSR count). The highest BCUT2D eigenvalue weighted by atomic mass is 32.2. The largest absolute Gasteiger partial charge is 0.398 e. The van der Waals surface area contributed by atoms with Crippen LogP contribution in [0.15, 0.2) is 23.1 Å². The number of thioether (sulfide) groups is 1. The molecule has 1 fully saturated rings. The number of likely N-dealkylation sites (tertiary alicyclic amines) is 1. The van der Waals surface area contributed by atoms with E-state index in [1.165, 1.54) is 34.9 Å². The molecule has 0 spiro atoms. The number of carbonyl (C=O) groups excluding carboxylic acids is 2. The summed E-state index contributed by atoms with van der Waals surface area (Å²) < 4.78 is 12.9. The second kappa shape index (κ2) is 5.61. The van der Waals surface area contributed by atoms with Crippen LogP contribution in [0.3, 0.4) is 0 Å². The van der Waals surface area contributed by atoms with Gasteiger partial charge in [-0.15, -0.1) is 11.8 Å². The first-order valence-electron chi connectivity index (χ1n) is 6.08. The molecule has 0 bridgehead atoms. The van der Waals surface area contributed by atoms with E-state index >= 15 is 0 Å². The second-order valence-electron chi connectivity index (χ2n) is 4.38. The molecule has 2 N–H and O–H groups in total. The number of imide groups is 1. The average Bonchev–Trinajstić information content (AvgIpc) is 2.61. The van der Waals surface area contributed by atoms with E-state index in [1.54, 1.807) is 0 Å². The van der Waals surface area contributed by atoms with Gasteiger partial charge >= 0.3 is 0 Å². The van der Waals surface area contributed by atoms with E-state index in [0.29, 0.717) is 17.1 Å². The third-order valence-electron chi connectivity index (χ3n) is 2.89. The van der Waals surface area contributed by atoms with Gasteiger partial charge in [-0.05, 0) is 24.6 Å². The van der Waals surface area contributed by atoms with Crippen LogP contribution in [-0.2, 0) is 9.59 Å². The fourth-order valence-corrected chi connectivity index (χ4v) is 3.09. The Bertz CT molecular complexity index is 521. The zero-order valence-electron chi connectivity index (χ0n) is 10.6. The number of halogens is 1. The van der Waals surface area contributed by atoms with E-state index in [2.05, 4.69) is 0 Å². The van der Waals surface area contributed by atoms with Crippen molar-refractivity contribution in [3.8, 4) is 0 Å². The molecule has 1 aromatic carbocycles. The van der Waals surface area contributed by atoms with Crippen LogP contribution in [0.5, 0.6) is 0 Å². The van der Waals surface area contributed by atoms with E-state index in [9.17, 15) is 14.0 Å². The van der Waals surface area contributed by atoms with Crippen LogP contribution in [0.25, 0.3) is 0 Å². The van der Waals surface area contributed by atoms with Gasteiger partial charge in [-0.1, -0.05) is 6.92 Å². The smallest absolute Gasteiger partial charge is 0.243 e. The summed E-state index contributed by atoms with van der Waals surface area (Å²) in [6.45, 7) is 2.37. The standard InChI is InChI=1S/C13H15FN2O2S/c1-2-5-16-12(17)7-11(13(16)18)19-10-4-3-8(14)6-9(10)15/h3-4,6,11H,2,5,7,15H2,1H3. The summed E-state index contributed by atoms with van der Waals surface area (Å²) in [6.07, 6.45) is 0.924. The summed E-state index contributed by atoms with van der Waals surface area (Å²) in [5.41, 5.74) is 5.99. The first-order chi connectivity index (χ1) is 9.02. The minimum absolute atomic E-state index is 0.148. The molecular weight excluding hydrogens is 267 g/mol. The van der Waals surface area contributed by atoms with Crippen LogP contribution in [-0.4, -0.2) is 28.5 Å². The zero-order chi connectivity index (χ0) is 14.0. The molecule has 1 atom stereocenters. The van der Waals surface area contributed by atoms with Crippen molar-refractivity contribution in [2.75, 3.05) is 12.3 Å². The molecule has 0 aliphatic carbocycles. The second-order valence-corrected chi connectivity index (χ2v) is 5.62. The van der Waals surface area contributed by atoms with Crippen LogP contribution in [0.4, 0.5) is 10.1 Å². The van der Waals surface area contributed by atoms with Gasteiger partial charge in [0.25, 0.3) is 0 Å². The SMILES string of the molecule is CCCN1C(=O)CC(Sc2ccc(F)cc2N)C1=O. The summed E-state index contributed by atoms with van der Waals surface area (Å²) in [6, 6.07) is 4.05. The molecule has 1 unspecified atom stereocenters. The third kappa shape index (κ3) is 2.89. The van der Waals surface area contributed by atoms with Crippen LogP contribution in [0.2, 0.25) is 0 Å². The fourth-order valence-electron chi connectivity index (χ4n) is 1.98. The van der Waals surface area contributed by atoms with Crippen molar-refractivity contribution in [1.29, 1.82) is 0 Å². The number of anilines is 1. The van der Waals surface area contributed by atoms with Gasteiger partial charge in [0.05, 0.1) is 5.25 Å². The van der Waals surface area contributed by atoms with Crippen molar-refractivity contribution in [2.45, 2.75) is 29.9 Å². The lowest BCUT2D eigenvalue weighted by molar-refractivity contribution is -0.138. The number of carbonyl (C=O) groups is 2. The summed E-state index contributed by atoms with van der Waals surface area (Å²) >= 11 is 1.22. The minimum Gasteiger partial charge on any atom is -0.398 e. The van der Waals surface area contributed by atoms with Crippen LogP contribution in [0.1, 0.15) is 19.8 Å². The van der Waals surface area contributed by atoms with Crippen molar-refractivity contribution in [2.24, 2.45) is 0 Å². The van der Waals surface area contributed by atoms with E-state index in [1.807, 2.05) is 6.92 Å². The molecule has 1 aliphatic rings. The molecular formula is C13H15FN2O2S. The predicted octanol–water partition coefficient (Wildman–Crippen LogP) is 2.04. The highest BCUT2D eigenvalue weighted by molar-refractivity contribution is 8.00. The van der Waals surface area contributed by atoms with E-state index in [0.717, 1.165) is 6.42 Å².